The molecule has 1 aromatic rings. The summed E-state index contributed by atoms with van der Waals surface area (Å²) in [4.78, 5) is 10.3. The number of aliphatic hydroxyl groups is 1. The first-order chi connectivity index (χ1) is 5.77. The zero-order chi connectivity index (χ0) is 8.97. The summed E-state index contributed by atoms with van der Waals surface area (Å²) in [6.45, 7) is 0. The van der Waals surface area contributed by atoms with Crippen molar-refractivity contribution < 1.29 is 15.0 Å². The van der Waals surface area contributed by atoms with Crippen molar-refractivity contribution in [3.05, 3.63) is 36.1 Å². The summed E-state index contributed by atoms with van der Waals surface area (Å²) in [6.07, 6.45) is 1.23. The van der Waals surface area contributed by atoms with Crippen LogP contribution in [0.25, 0.3) is 5.57 Å². The molecule has 0 radical (unpaired) electrons. The van der Waals surface area contributed by atoms with Crippen LogP contribution in [0, 0.1) is 0 Å². The molecule has 1 aromatic carbocycles. The quantitative estimate of drug-likeness (QED) is 0.395. The van der Waals surface area contributed by atoms with Gasteiger partial charge in [0.25, 0.3) is 0 Å². The Morgan fingerprint density at radius 2 is 2.17 bits per heavy atom. The molecule has 0 aliphatic carbocycles. The van der Waals surface area contributed by atoms with Crippen molar-refractivity contribution in [2.24, 2.45) is 0 Å². The second kappa shape index (κ2) is 3.57. The van der Waals surface area contributed by atoms with E-state index in [-0.39, 0.29) is 11.3 Å². The van der Waals surface area contributed by atoms with Gasteiger partial charge in [-0.1, -0.05) is 12.1 Å². The SMILES string of the molecule is O=C/C(=C\O)c1cccc(O)c1. The lowest BCUT2D eigenvalue weighted by Crippen LogP contribution is -1.84. The van der Waals surface area contributed by atoms with E-state index in [2.05, 4.69) is 0 Å². The zero-order valence-electron chi connectivity index (χ0n) is 6.27. The van der Waals surface area contributed by atoms with Gasteiger partial charge in [-0.25, -0.2) is 0 Å². The van der Waals surface area contributed by atoms with E-state index in [9.17, 15) is 4.79 Å². The number of phenolic OH excluding ortho intramolecular Hbond substituents is 1. The lowest BCUT2D eigenvalue weighted by molar-refractivity contribution is -0.103. The number of hydrogen-bond acceptors (Lipinski definition) is 3. The van der Waals surface area contributed by atoms with Crippen molar-refractivity contribution in [3.8, 4) is 5.75 Å². The number of carbonyl (C=O) groups excluding carboxylic acids is 1. The number of aromatic hydroxyl groups is 1. The normalized spacial score (nSPS) is 11.2. The maximum Gasteiger partial charge on any atom is 0.153 e. The number of aliphatic hydroxyl groups excluding tert-OH is 1. The van der Waals surface area contributed by atoms with Crippen molar-refractivity contribution >= 4 is 11.9 Å². The molecule has 0 saturated heterocycles. The summed E-state index contributed by atoms with van der Waals surface area (Å²) in [5.41, 5.74) is 0.637. The van der Waals surface area contributed by atoms with Crippen LogP contribution in [0.2, 0.25) is 0 Å². The number of benzene rings is 1. The maximum absolute atomic E-state index is 10.3. The van der Waals surface area contributed by atoms with Crippen molar-refractivity contribution in [1.29, 1.82) is 0 Å². The smallest absolute Gasteiger partial charge is 0.153 e. The molecule has 0 heterocycles. The Morgan fingerprint density at radius 1 is 1.42 bits per heavy atom. The molecule has 3 heteroatoms. The van der Waals surface area contributed by atoms with Crippen LogP contribution >= 0.6 is 0 Å². The summed E-state index contributed by atoms with van der Waals surface area (Å²) < 4.78 is 0. The molecule has 3 nitrogen and oxygen atoms in total. The minimum Gasteiger partial charge on any atom is -0.515 e. The van der Waals surface area contributed by atoms with Crippen molar-refractivity contribution in [3.63, 3.8) is 0 Å². The van der Waals surface area contributed by atoms with Gasteiger partial charge in [-0.05, 0) is 17.7 Å². The molecule has 1 rings (SSSR count). The molecule has 12 heavy (non-hydrogen) atoms. The van der Waals surface area contributed by atoms with Gasteiger partial charge in [-0.3, -0.25) is 4.79 Å². The van der Waals surface area contributed by atoms with Gasteiger partial charge in [0.05, 0.1) is 11.8 Å². The highest BCUT2D eigenvalue weighted by molar-refractivity contribution is 6.06. The number of allylic oxidation sites excluding steroid dienone is 1. The first kappa shape index (κ1) is 8.33. The average molecular weight is 164 g/mol. The third kappa shape index (κ3) is 1.63. The van der Waals surface area contributed by atoms with Crippen molar-refractivity contribution in [1.82, 2.24) is 0 Å². The van der Waals surface area contributed by atoms with E-state index in [1.165, 1.54) is 12.1 Å². The molecule has 0 bridgehead atoms. The van der Waals surface area contributed by atoms with E-state index in [0.717, 1.165) is 0 Å². The van der Waals surface area contributed by atoms with Gasteiger partial charge >= 0.3 is 0 Å². The first-order valence-corrected chi connectivity index (χ1v) is 3.37. The van der Waals surface area contributed by atoms with Gasteiger partial charge in [0.2, 0.25) is 0 Å². The van der Waals surface area contributed by atoms with Crippen molar-refractivity contribution in [2.75, 3.05) is 0 Å². The summed E-state index contributed by atoms with van der Waals surface area (Å²) >= 11 is 0. The van der Waals surface area contributed by atoms with Crippen molar-refractivity contribution in [2.45, 2.75) is 0 Å². The van der Waals surface area contributed by atoms with E-state index >= 15 is 0 Å². The lowest BCUT2D eigenvalue weighted by Gasteiger charge is -1.98. The summed E-state index contributed by atoms with van der Waals surface area (Å²) in [6, 6.07) is 6.10. The summed E-state index contributed by atoms with van der Waals surface area (Å²) in [7, 11) is 0. The standard InChI is InChI=1S/C9H8O3/c10-5-8(6-11)7-2-1-3-9(12)4-7/h1-6,10,12H/b8-5+. The van der Waals surface area contributed by atoms with Crippen LogP contribution in [-0.4, -0.2) is 16.5 Å². The van der Waals surface area contributed by atoms with Gasteiger partial charge in [0.15, 0.2) is 6.29 Å². The average Bonchev–Trinajstić information content (AvgIpc) is 2.07. The molecule has 2 N–H and O–H groups in total. The number of aldehydes is 1. The molecular weight excluding hydrogens is 156 g/mol. The number of phenols is 1. The number of hydrogen-bond donors (Lipinski definition) is 2. The molecule has 0 amide bonds. The highest BCUT2D eigenvalue weighted by atomic mass is 16.3. The monoisotopic (exact) mass is 164 g/mol. The topological polar surface area (TPSA) is 57.5 Å². The second-order valence-corrected chi connectivity index (χ2v) is 2.25. The highest BCUT2D eigenvalue weighted by Gasteiger charge is 1.99. The van der Waals surface area contributed by atoms with Crippen LogP contribution < -0.4 is 0 Å². The molecule has 0 aliphatic rings. The molecule has 0 unspecified atom stereocenters. The first-order valence-electron chi connectivity index (χ1n) is 3.37. The van der Waals surface area contributed by atoms with Crippen LogP contribution in [0.4, 0.5) is 0 Å². The Labute approximate surface area is 69.6 Å². The highest BCUT2D eigenvalue weighted by Crippen LogP contribution is 2.16. The van der Waals surface area contributed by atoms with E-state index in [0.29, 0.717) is 18.1 Å². The van der Waals surface area contributed by atoms with Crippen LogP contribution in [0.3, 0.4) is 0 Å². The lowest BCUT2D eigenvalue weighted by atomic mass is 10.1. The predicted octanol–water partition coefficient (Wildman–Crippen LogP) is 1.49. The van der Waals surface area contributed by atoms with E-state index in [4.69, 9.17) is 10.2 Å². The Hall–Kier alpha value is -1.77. The van der Waals surface area contributed by atoms with E-state index in [1.807, 2.05) is 0 Å². The van der Waals surface area contributed by atoms with Gasteiger partial charge in [-0.15, -0.1) is 0 Å². The Morgan fingerprint density at radius 3 is 2.67 bits per heavy atom. The third-order valence-corrected chi connectivity index (χ3v) is 1.45. The molecule has 0 saturated carbocycles. The molecule has 0 aliphatic heterocycles. The zero-order valence-corrected chi connectivity index (χ0v) is 6.27. The number of carbonyl (C=O) groups is 1. The summed E-state index contributed by atoms with van der Waals surface area (Å²) in [5, 5.41) is 17.6. The minimum absolute atomic E-state index is 0.0636. The second-order valence-electron chi connectivity index (χ2n) is 2.25. The fourth-order valence-electron chi connectivity index (χ4n) is 0.858. The molecule has 0 atom stereocenters. The van der Waals surface area contributed by atoms with Crippen LogP contribution in [-0.2, 0) is 4.79 Å². The van der Waals surface area contributed by atoms with Crippen LogP contribution in [0.15, 0.2) is 30.5 Å². The van der Waals surface area contributed by atoms with Gasteiger partial charge in [0.1, 0.15) is 5.75 Å². The maximum atomic E-state index is 10.3. The van der Waals surface area contributed by atoms with E-state index < -0.39 is 0 Å². The Kier molecular flexibility index (Phi) is 2.48. The van der Waals surface area contributed by atoms with Gasteiger partial charge in [-0.2, -0.15) is 0 Å². The fourth-order valence-corrected chi connectivity index (χ4v) is 0.858. The van der Waals surface area contributed by atoms with Gasteiger partial charge in [0, 0.05) is 0 Å². The molecular formula is C9H8O3. The Bertz CT molecular complexity index is 315. The molecule has 62 valence electrons. The third-order valence-electron chi connectivity index (χ3n) is 1.45. The largest absolute Gasteiger partial charge is 0.515 e. The minimum atomic E-state index is 0.0636. The fraction of sp³-hybridized carbons (Fsp3) is 0. The summed E-state index contributed by atoms with van der Waals surface area (Å²) in [5.74, 6) is 0.0636. The molecule has 0 spiro atoms. The number of rotatable bonds is 2. The Balaban J connectivity index is 3.10. The predicted molar refractivity (Wildman–Crippen MR) is 44.8 cm³/mol. The van der Waals surface area contributed by atoms with Gasteiger partial charge < -0.3 is 10.2 Å². The van der Waals surface area contributed by atoms with Crippen LogP contribution in [0.1, 0.15) is 5.56 Å². The molecule has 0 fully saturated rings. The molecule has 0 aromatic heterocycles. The van der Waals surface area contributed by atoms with E-state index in [1.54, 1.807) is 12.1 Å². The van der Waals surface area contributed by atoms with Crippen LogP contribution in [0.5, 0.6) is 5.75 Å².